The number of aliphatic hydroxyl groups is 1. The SMILES string of the molecule is CC(C)C(=O)N1CCSC12CCN(C(=O)[C@@H](N)CO)C2. The second kappa shape index (κ2) is 5.91. The van der Waals surface area contributed by atoms with Gasteiger partial charge in [-0.25, -0.2) is 0 Å². The average molecular weight is 301 g/mol. The van der Waals surface area contributed by atoms with Gasteiger partial charge in [0.15, 0.2) is 0 Å². The maximum Gasteiger partial charge on any atom is 0.241 e. The Bertz CT molecular complexity index is 404. The van der Waals surface area contributed by atoms with Gasteiger partial charge in [0.25, 0.3) is 0 Å². The lowest BCUT2D eigenvalue weighted by Gasteiger charge is -2.35. The number of carbonyl (C=O) groups is 2. The summed E-state index contributed by atoms with van der Waals surface area (Å²) in [7, 11) is 0. The van der Waals surface area contributed by atoms with Crippen molar-refractivity contribution < 1.29 is 14.7 Å². The molecule has 7 heteroatoms. The van der Waals surface area contributed by atoms with Gasteiger partial charge in [-0.15, -0.1) is 11.8 Å². The van der Waals surface area contributed by atoms with E-state index in [0.717, 1.165) is 18.7 Å². The van der Waals surface area contributed by atoms with Gasteiger partial charge in [-0.2, -0.15) is 0 Å². The third-order valence-corrected chi connectivity index (χ3v) is 5.45. The highest BCUT2D eigenvalue weighted by molar-refractivity contribution is 8.00. The molecule has 6 nitrogen and oxygen atoms in total. The molecule has 20 heavy (non-hydrogen) atoms. The summed E-state index contributed by atoms with van der Waals surface area (Å²) in [5.74, 6) is 0.798. The van der Waals surface area contributed by atoms with E-state index in [1.807, 2.05) is 18.7 Å². The Labute approximate surface area is 123 Å². The number of hydrogen-bond acceptors (Lipinski definition) is 5. The monoisotopic (exact) mass is 301 g/mol. The van der Waals surface area contributed by atoms with Gasteiger partial charge in [0.1, 0.15) is 10.9 Å². The van der Waals surface area contributed by atoms with Gasteiger partial charge in [-0.3, -0.25) is 9.59 Å². The first kappa shape index (κ1) is 15.6. The van der Waals surface area contributed by atoms with Gasteiger partial charge < -0.3 is 20.6 Å². The topological polar surface area (TPSA) is 86.9 Å². The highest BCUT2D eigenvalue weighted by Gasteiger charge is 2.50. The molecule has 2 saturated heterocycles. The fourth-order valence-corrected chi connectivity index (χ4v) is 4.31. The molecule has 114 valence electrons. The van der Waals surface area contributed by atoms with Crippen LogP contribution in [0.1, 0.15) is 20.3 Å². The lowest BCUT2D eigenvalue weighted by molar-refractivity contribution is -0.138. The van der Waals surface area contributed by atoms with Crippen LogP contribution in [0.15, 0.2) is 0 Å². The summed E-state index contributed by atoms with van der Waals surface area (Å²) in [5.41, 5.74) is 5.60. The summed E-state index contributed by atoms with van der Waals surface area (Å²) in [6.45, 7) is 5.32. The Hall–Kier alpha value is -0.790. The van der Waals surface area contributed by atoms with Crippen molar-refractivity contribution in [3.63, 3.8) is 0 Å². The van der Waals surface area contributed by atoms with Crippen LogP contribution in [-0.4, -0.2) is 69.6 Å². The largest absolute Gasteiger partial charge is 0.394 e. The number of nitrogens with two attached hydrogens (primary N) is 1. The summed E-state index contributed by atoms with van der Waals surface area (Å²) in [6.07, 6.45) is 0.778. The second-order valence-corrected chi connectivity index (χ2v) is 7.19. The normalized spacial score (nSPS) is 27.6. The van der Waals surface area contributed by atoms with E-state index in [1.165, 1.54) is 0 Å². The molecule has 0 radical (unpaired) electrons. The predicted octanol–water partition coefficient (Wildman–Crippen LogP) is -0.534. The molecular weight excluding hydrogens is 278 g/mol. The summed E-state index contributed by atoms with van der Waals surface area (Å²) in [6, 6.07) is -0.856. The Morgan fingerprint density at radius 2 is 2.05 bits per heavy atom. The first-order chi connectivity index (χ1) is 9.41. The van der Waals surface area contributed by atoms with Crippen molar-refractivity contribution >= 4 is 23.6 Å². The molecule has 0 aromatic rings. The number of aliphatic hydroxyl groups excluding tert-OH is 1. The van der Waals surface area contributed by atoms with Crippen molar-refractivity contribution in [2.75, 3.05) is 32.0 Å². The van der Waals surface area contributed by atoms with Gasteiger partial charge in [0, 0.05) is 24.8 Å². The summed E-state index contributed by atoms with van der Waals surface area (Å²) >= 11 is 1.75. The van der Waals surface area contributed by atoms with Crippen LogP contribution in [0.4, 0.5) is 0 Å². The molecule has 0 aromatic carbocycles. The highest BCUT2D eigenvalue weighted by Crippen LogP contribution is 2.43. The number of hydrogen-bond donors (Lipinski definition) is 2. The smallest absolute Gasteiger partial charge is 0.241 e. The zero-order chi connectivity index (χ0) is 14.9. The lowest BCUT2D eigenvalue weighted by atomic mass is 10.1. The van der Waals surface area contributed by atoms with Crippen molar-refractivity contribution in [2.24, 2.45) is 11.7 Å². The van der Waals surface area contributed by atoms with E-state index < -0.39 is 6.04 Å². The fourth-order valence-electron chi connectivity index (χ4n) is 2.84. The Kier molecular flexibility index (Phi) is 4.61. The van der Waals surface area contributed by atoms with Crippen LogP contribution < -0.4 is 5.73 Å². The minimum Gasteiger partial charge on any atom is -0.394 e. The molecule has 2 fully saturated rings. The molecule has 2 rings (SSSR count). The van der Waals surface area contributed by atoms with Gasteiger partial charge in [-0.05, 0) is 6.42 Å². The molecule has 2 amide bonds. The zero-order valence-electron chi connectivity index (χ0n) is 12.0. The Balaban J connectivity index is 2.09. The van der Waals surface area contributed by atoms with Crippen LogP contribution in [0, 0.1) is 5.92 Å². The maximum absolute atomic E-state index is 12.3. The van der Waals surface area contributed by atoms with Gasteiger partial charge in [0.2, 0.25) is 11.8 Å². The minimum atomic E-state index is -0.856. The number of carbonyl (C=O) groups excluding carboxylic acids is 2. The standard InChI is InChI=1S/C13H23N3O3S/c1-9(2)11(18)16-5-6-20-13(16)3-4-15(8-13)12(19)10(14)7-17/h9-10,17H,3-8,14H2,1-2H3/t10-,13?/m0/s1. The molecule has 0 aliphatic carbocycles. The minimum absolute atomic E-state index is 0.0324. The van der Waals surface area contributed by atoms with Crippen LogP contribution in [-0.2, 0) is 9.59 Å². The van der Waals surface area contributed by atoms with Gasteiger partial charge in [0.05, 0.1) is 13.2 Å². The molecular formula is C13H23N3O3S. The highest BCUT2D eigenvalue weighted by atomic mass is 32.2. The molecule has 2 atom stereocenters. The van der Waals surface area contributed by atoms with Crippen LogP contribution in [0.3, 0.4) is 0 Å². The molecule has 0 aromatic heterocycles. The first-order valence-corrected chi connectivity index (χ1v) is 8.00. The van der Waals surface area contributed by atoms with E-state index in [2.05, 4.69) is 0 Å². The molecule has 1 spiro atoms. The van der Waals surface area contributed by atoms with E-state index in [1.54, 1.807) is 16.7 Å². The third kappa shape index (κ3) is 2.66. The van der Waals surface area contributed by atoms with Crippen LogP contribution in [0.5, 0.6) is 0 Å². The second-order valence-electron chi connectivity index (χ2n) is 5.74. The molecule has 0 bridgehead atoms. The predicted molar refractivity (Wildman–Crippen MR) is 78.0 cm³/mol. The number of thioether (sulfide) groups is 1. The maximum atomic E-state index is 12.3. The van der Waals surface area contributed by atoms with E-state index >= 15 is 0 Å². The van der Waals surface area contributed by atoms with Crippen molar-refractivity contribution in [3.05, 3.63) is 0 Å². The Morgan fingerprint density at radius 3 is 2.65 bits per heavy atom. The molecule has 1 unspecified atom stereocenters. The molecule has 2 aliphatic rings. The van der Waals surface area contributed by atoms with Crippen LogP contribution in [0.2, 0.25) is 0 Å². The lowest BCUT2D eigenvalue weighted by Crippen LogP contribution is -2.51. The van der Waals surface area contributed by atoms with Crippen molar-refractivity contribution in [1.29, 1.82) is 0 Å². The van der Waals surface area contributed by atoms with Crippen molar-refractivity contribution in [1.82, 2.24) is 9.80 Å². The van der Waals surface area contributed by atoms with Gasteiger partial charge in [-0.1, -0.05) is 13.8 Å². The number of likely N-dealkylation sites (tertiary alicyclic amines) is 1. The average Bonchev–Trinajstić information content (AvgIpc) is 3.04. The fraction of sp³-hybridized carbons (Fsp3) is 0.846. The Morgan fingerprint density at radius 1 is 1.35 bits per heavy atom. The third-order valence-electron chi connectivity index (χ3n) is 3.97. The summed E-state index contributed by atoms with van der Waals surface area (Å²) < 4.78 is 0. The van der Waals surface area contributed by atoms with Gasteiger partial charge >= 0.3 is 0 Å². The molecule has 2 aliphatic heterocycles. The van der Waals surface area contributed by atoms with Crippen molar-refractivity contribution in [2.45, 2.75) is 31.2 Å². The molecule has 2 heterocycles. The molecule has 3 N–H and O–H groups in total. The van der Waals surface area contributed by atoms with E-state index in [-0.39, 0.29) is 29.2 Å². The number of amides is 2. The number of nitrogens with zero attached hydrogens (tertiary/aromatic N) is 2. The van der Waals surface area contributed by atoms with Crippen LogP contribution >= 0.6 is 11.8 Å². The number of rotatable bonds is 3. The summed E-state index contributed by atoms with van der Waals surface area (Å²) in [4.78, 5) is 27.7. The summed E-state index contributed by atoms with van der Waals surface area (Å²) in [5, 5.41) is 8.99. The van der Waals surface area contributed by atoms with E-state index in [4.69, 9.17) is 10.8 Å². The zero-order valence-corrected chi connectivity index (χ0v) is 12.9. The van der Waals surface area contributed by atoms with Crippen molar-refractivity contribution in [3.8, 4) is 0 Å². The van der Waals surface area contributed by atoms with E-state index in [0.29, 0.717) is 13.1 Å². The first-order valence-electron chi connectivity index (χ1n) is 7.02. The van der Waals surface area contributed by atoms with Crippen LogP contribution in [0.25, 0.3) is 0 Å². The molecule has 0 saturated carbocycles. The van der Waals surface area contributed by atoms with E-state index in [9.17, 15) is 9.59 Å². The quantitative estimate of drug-likeness (QED) is 0.731.